The third-order valence-corrected chi connectivity index (χ3v) is 4.79. The second-order valence-electron chi connectivity index (χ2n) is 5.40. The molecular formula is C13H18O2. The van der Waals surface area contributed by atoms with Crippen molar-refractivity contribution in [3.05, 3.63) is 12.7 Å². The molecule has 3 aliphatic carbocycles. The average Bonchev–Trinajstić information content (AvgIpc) is 2.87. The van der Waals surface area contributed by atoms with E-state index in [9.17, 15) is 4.79 Å². The molecule has 0 spiro atoms. The molecule has 15 heavy (non-hydrogen) atoms. The van der Waals surface area contributed by atoms with E-state index < -0.39 is 0 Å². The zero-order valence-corrected chi connectivity index (χ0v) is 9.02. The number of carbonyl (C=O) groups excluding carboxylic acids is 1. The van der Waals surface area contributed by atoms with E-state index in [1.54, 1.807) is 0 Å². The third-order valence-electron chi connectivity index (χ3n) is 4.79. The molecule has 0 aliphatic heterocycles. The lowest BCUT2D eigenvalue weighted by Gasteiger charge is -2.23. The molecule has 2 heteroatoms. The lowest BCUT2D eigenvalue weighted by molar-refractivity contribution is -0.142. The van der Waals surface area contributed by atoms with Crippen molar-refractivity contribution in [1.82, 2.24) is 0 Å². The van der Waals surface area contributed by atoms with E-state index in [0.717, 1.165) is 36.5 Å². The molecule has 2 bridgehead atoms. The second-order valence-corrected chi connectivity index (χ2v) is 5.40. The average molecular weight is 206 g/mol. The number of carbonyl (C=O) groups is 1. The lowest BCUT2D eigenvalue weighted by Crippen LogP contribution is -2.15. The van der Waals surface area contributed by atoms with Crippen molar-refractivity contribution < 1.29 is 9.53 Å². The summed E-state index contributed by atoms with van der Waals surface area (Å²) in [5, 5.41) is 0. The predicted molar refractivity (Wildman–Crippen MR) is 57.1 cm³/mol. The van der Waals surface area contributed by atoms with Crippen molar-refractivity contribution in [3.8, 4) is 0 Å². The summed E-state index contributed by atoms with van der Waals surface area (Å²) in [7, 11) is 0. The van der Waals surface area contributed by atoms with E-state index in [1.165, 1.54) is 25.3 Å². The molecule has 3 saturated carbocycles. The van der Waals surface area contributed by atoms with Crippen LogP contribution in [0.25, 0.3) is 0 Å². The first-order chi connectivity index (χ1) is 7.28. The molecule has 0 aromatic carbocycles. The third kappa shape index (κ3) is 1.42. The van der Waals surface area contributed by atoms with E-state index in [4.69, 9.17) is 4.74 Å². The molecule has 0 amide bonds. The van der Waals surface area contributed by atoms with Gasteiger partial charge in [-0.3, -0.25) is 0 Å². The van der Waals surface area contributed by atoms with Crippen molar-refractivity contribution in [2.45, 2.75) is 38.2 Å². The van der Waals surface area contributed by atoms with Gasteiger partial charge in [-0.2, -0.15) is 0 Å². The molecule has 0 radical (unpaired) electrons. The van der Waals surface area contributed by atoms with Crippen molar-refractivity contribution in [3.63, 3.8) is 0 Å². The van der Waals surface area contributed by atoms with Crippen LogP contribution in [-0.2, 0) is 9.53 Å². The number of hydrogen-bond acceptors (Lipinski definition) is 2. The maximum Gasteiger partial charge on any atom is 0.330 e. The van der Waals surface area contributed by atoms with Crippen molar-refractivity contribution in [2.24, 2.45) is 23.7 Å². The highest BCUT2D eigenvalue weighted by Gasteiger charge is 2.52. The van der Waals surface area contributed by atoms with E-state index in [0.29, 0.717) is 0 Å². The van der Waals surface area contributed by atoms with E-state index in [-0.39, 0.29) is 12.1 Å². The van der Waals surface area contributed by atoms with Gasteiger partial charge in [0.05, 0.1) is 0 Å². The molecule has 0 saturated heterocycles. The van der Waals surface area contributed by atoms with E-state index in [1.807, 2.05) is 0 Å². The zero-order valence-electron chi connectivity index (χ0n) is 9.02. The predicted octanol–water partition coefficient (Wildman–Crippen LogP) is 2.54. The minimum Gasteiger partial charge on any atom is -0.459 e. The number of fused-ring (bicyclic) bond motifs is 5. The van der Waals surface area contributed by atoms with Gasteiger partial charge >= 0.3 is 5.97 Å². The quantitative estimate of drug-likeness (QED) is 0.512. The fraction of sp³-hybridized carbons (Fsp3) is 0.769. The Morgan fingerprint density at radius 3 is 2.27 bits per heavy atom. The number of esters is 1. The van der Waals surface area contributed by atoms with Crippen LogP contribution in [0.15, 0.2) is 12.7 Å². The maximum absolute atomic E-state index is 11.1. The van der Waals surface area contributed by atoms with Crippen LogP contribution in [-0.4, -0.2) is 12.1 Å². The Bertz CT molecular complexity index is 279. The molecule has 2 nitrogen and oxygen atoms in total. The van der Waals surface area contributed by atoms with E-state index in [2.05, 4.69) is 6.58 Å². The summed E-state index contributed by atoms with van der Waals surface area (Å²) in [6.45, 7) is 3.44. The first-order valence-corrected chi connectivity index (χ1v) is 6.11. The Labute approximate surface area is 90.7 Å². The molecule has 0 aromatic rings. The Morgan fingerprint density at radius 1 is 1.13 bits per heavy atom. The summed E-state index contributed by atoms with van der Waals surface area (Å²) in [6, 6.07) is 0. The molecule has 0 heterocycles. The topological polar surface area (TPSA) is 26.3 Å². The first kappa shape index (κ1) is 9.44. The molecule has 0 N–H and O–H groups in total. The molecule has 1 unspecified atom stereocenters. The van der Waals surface area contributed by atoms with Crippen molar-refractivity contribution >= 4 is 5.97 Å². The second kappa shape index (κ2) is 3.36. The van der Waals surface area contributed by atoms with Gasteiger partial charge in [0.1, 0.15) is 6.10 Å². The zero-order chi connectivity index (χ0) is 10.4. The Morgan fingerprint density at radius 2 is 1.73 bits per heavy atom. The van der Waals surface area contributed by atoms with Gasteiger partial charge in [0.2, 0.25) is 0 Å². The highest BCUT2D eigenvalue weighted by molar-refractivity contribution is 5.81. The fourth-order valence-corrected chi connectivity index (χ4v) is 4.28. The largest absolute Gasteiger partial charge is 0.459 e. The molecule has 3 rings (SSSR count). The first-order valence-electron chi connectivity index (χ1n) is 6.11. The summed E-state index contributed by atoms with van der Waals surface area (Å²) in [5.41, 5.74) is 0. The maximum atomic E-state index is 11.1. The van der Waals surface area contributed by atoms with Crippen LogP contribution in [0.3, 0.4) is 0 Å². The molecule has 0 aromatic heterocycles. The summed E-state index contributed by atoms with van der Waals surface area (Å²) in [5.74, 6) is 3.39. The number of hydrogen-bond donors (Lipinski definition) is 0. The van der Waals surface area contributed by atoms with Crippen LogP contribution in [0.4, 0.5) is 0 Å². The highest BCUT2D eigenvalue weighted by Crippen LogP contribution is 2.59. The van der Waals surface area contributed by atoms with Gasteiger partial charge in [0, 0.05) is 6.08 Å². The summed E-state index contributed by atoms with van der Waals surface area (Å²) in [4.78, 5) is 11.1. The summed E-state index contributed by atoms with van der Waals surface area (Å²) in [6.07, 6.45) is 8.01. The van der Waals surface area contributed by atoms with Gasteiger partial charge in [-0.15, -0.1) is 0 Å². The fourth-order valence-electron chi connectivity index (χ4n) is 4.28. The van der Waals surface area contributed by atoms with Crippen LogP contribution in [0, 0.1) is 23.7 Å². The highest BCUT2D eigenvalue weighted by atomic mass is 16.5. The van der Waals surface area contributed by atoms with E-state index >= 15 is 0 Å². The van der Waals surface area contributed by atoms with Crippen LogP contribution in [0.5, 0.6) is 0 Å². The van der Waals surface area contributed by atoms with Gasteiger partial charge in [0.15, 0.2) is 0 Å². The lowest BCUT2D eigenvalue weighted by atomic mass is 9.82. The smallest absolute Gasteiger partial charge is 0.330 e. The normalized spacial score (nSPS) is 46.5. The SMILES string of the molecule is C=CC(=O)OC1C[C@@H]2[C@@H]3CC[C@@H](C3)[C@H]2C1. The van der Waals surface area contributed by atoms with Crippen LogP contribution >= 0.6 is 0 Å². The molecular weight excluding hydrogens is 188 g/mol. The number of ether oxygens (including phenoxy) is 1. The summed E-state index contributed by atoms with van der Waals surface area (Å²) >= 11 is 0. The Kier molecular flexibility index (Phi) is 2.11. The Hall–Kier alpha value is -0.790. The standard InChI is InChI=1S/C13H18O2/c1-2-13(14)15-10-6-11-8-3-4-9(5-8)12(11)7-10/h2,8-12H,1,3-7H2/t8-,9+,10?,11-,12-/m1/s1. The van der Waals surface area contributed by atoms with Gasteiger partial charge in [-0.05, 0) is 55.8 Å². The molecule has 82 valence electrons. The Balaban J connectivity index is 1.64. The van der Waals surface area contributed by atoms with Crippen LogP contribution in [0.1, 0.15) is 32.1 Å². The number of rotatable bonds is 2. The van der Waals surface area contributed by atoms with Gasteiger partial charge < -0.3 is 4.74 Å². The monoisotopic (exact) mass is 206 g/mol. The van der Waals surface area contributed by atoms with Crippen LogP contribution < -0.4 is 0 Å². The molecule has 5 atom stereocenters. The minimum absolute atomic E-state index is 0.189. The van der Waals surface area contributed by atoms with Gasteiger partial charge in [-0.1, -0.05) is 6.58 Å². The van der Waals surface area contributed by atoms with Gasteiger partial charge in [-0.25, -0.2) is 4.79 Å². The van der Waals surface area contributed by atoms with Crippen LogP contribution in [0.2, 0.25) is 0 Å². The van der Waals surface area contributed by atoms with Gasteiger partial charge in [0.25, 0.3) is 0 Å². The minimum atomic E-state index is -0.243. The van der Waals surface area contributed by atoms with Crippen molar-refractivity contribution in [2.75, 3.05) is 0 Å². The molecule has 3 fully saturated rings. The summed E-state index contributed by atoms with van der Waals surface area (Å²) < 4.78 is 5.36. The van der Waals surface area contributed by atoms with Crippen molar-refractivity contribution in [1.29, 1.82) is 0 Å². The molecule has 3 aliphatic rings.